The quantitative estimate of drug-likeness (QED) is 0.431. The summed E-state index contributed by atoms with van der Waals surface area (Å²) < 4.78 is 26.0. The minimum absolute atomic E-state index is 0.00223. The van der Waals surface area contributed by atoms with Gasteiger partial charge in [-0.25, -0.2) is 4.68 Å². The van der Waals surface area contributed by atoms with E-state index in [0.717, 1.165) is 11.4 Å². The Bertz CT molecular complexity index is 1120. The zero-order chi connectivity index (χ0) is 27.1. The van der Waals surface area contributed by atoms with Gasteiger partial charge in [-0.05, 0) is 44.9 Å². The maximum Gasteiger partial charge on any atom is 0.288 e. The SMILES string of the molecule is CCOC1OC(C(=O)N(C)CC(OC)OC)=CC(c2c(C)n(C)n(-c3ccccc3)c2=O)C1CCCO. The summed E-state index contributed by atoms with van der Waals surface area (Å²) in [7, 11) is 6.49. The van der Waals surface area contributed by atoms with Crippen molar-refractivity contribution < 1.29 is 28.8 Å². The van der Waals surface area contributed by atoms with Crippen LogP contribution in [0.4, 0.5) is 0 Å². The Morgan fingerprint density at radius 2 is 1.89 bits per heavy atom. The van der Waals surface area contributed by atoms with Gasteiger partial charge >= 0.3 is 0 Å². The number of aromatic nitrogens is 2. The monoisotopic (exact) mass is 517 g/mol. The Kier molecular flexibility index (Phi) is 10.1. The number of carbonyl (C=O) groups excluding carboxylic acids is 1. The zero-order valence-corrected chi connectivity index (χ0v) is 22.5. The Balaban J connectivity index is 2.12. The zero-order valence-electron chi connectivity index (χ0n) is 22.5. The fourth-order valence-corrected chi connectivity index (χ4v) is 4.80. The third kappa shape index (κ3) is 6.15. The first-order valence-corrected chi connectivity index (χ1v) is 12.5. The number of ether oxygens (including phenoxy) is 4. The van der Waals surface area contributed by atoms with E-state index in [-0.39, 0.29) is 36.3 Å². The summed E-state index contributed by atoms with van der Waals surface area (Å²) in [6.45, 7) is 4.30. The molecule has 0 fully saturated rings. The van der Waals surface area contributed by atoms with Crippen molar-refractivity contribution in [2.75, 3.05) is 41.0 Å². The summed E-state index contributed by atoms with van der Waals surface area (Å²) in [5.41, 5.74) is 1.93. The van der Waals surface area contributed by atoms with Crippen LogP contribution in [0.2, 0.25) is 0 Å². The van der Waals surface area contributed by atoms with E-state index < -0.39 is 18.5 Å². The summed E-state index contributed by atoms with van der Waals surface area (Å²) in [5, 5.41) is 9.57. The van der Waals surface area contributed by atoms with Crippen molar-refractivity contribution in [2.24, 2.45) is 13.0 Å². The van der Waals surface area contributed by atoms with Gasteiger partial charge in [0, 0.05) is 64.6 Å². The summed E-state index contributed by atoms with van der Waals surface area (Å²) >= 11 is 0. The van der Waals surface area contributed by atoms with Crippen molar-refractivity contribution in [1.29, 1.82) is 0 Å². The van der Waals surface area contributed by atoms with Crippen LogP contribution in [-0.4, -0.2) is 78.9 Å². The van der Waals surface area contributed by atoms with E-state index in [2.05, 4.69) is 0 Å². The molecular formula is C27H39N3O7. The van der Waals surface area contributed by atoms with E-state index in [0.29, 0.717) is 25.0 Å². The maximum atomic E-state index is 13.9. The third-order valence-corrected chi connectivity index (χ3v) is 6.85. The van der Waals surface area contributed by atoms with Gasteiger partial charge in [0.2, 0.25) is 6.29 Å². The van der Waals surface area contributed by atoms with E-state index in [1.54, 1.807) is 17.8 Å². The lowest BCUT2D eigenvalue weighted by atomic mass is 9.80. The molecule has 1 amide bonds. The molecule has 1 aliphatic rings. The number of methoxy groups -OCH3 is 2. The second kappa shape index (κ2) is 13.0. The molecule has 10 nitrogen and oxygen atoms in total. The van der Waals surface area contributed by atoms with Gasteiger partial charge in [-0.2, -0.15) is 0 Å². The molecule has 1 aliphatic heterocycles. The number of allylic oxidation sites excluding steroid dienone is 1. The van der Waals surface area contributed by atoms with E-state index in [9.17, 15) is 14.7 Å². The standard InChI is InChI=1S/C27H39N3O7/c1-7-36-27-20(14-11-15-31)21(16-22(37-27)25(32)28(3)17-23(34-5)35-6)24-18(2)29(4)30(26(24)33)19-12-9-8-10-13-19/h8-10,12-13,16,20-21,23,27,31H,7,11,14-15,17H2,1-6H3. The largest absolute Gasteiger partial charge is 0.459 e. The number of para-hydroxylation sites is 1. The van der Waals surface area contributed by atoms with Gasteiger partial charge in [-0.3, -0.25) is 14.3 Å². The van der Waals surface area contributed by atoms with Crippen molar-refractivity contribution in [1.82, 2.24) is 14.3 Å². The van der Waals surface area contributed by atoms with Crippen LogP contribution in [0.3, 0.4) is 0 Å². The van der Waals surface area contributed by atoms with Crippen LogP contribution < -0.4 is 5.56 Å². The highest BCUT2D eigenvalue weighted by atomic mass is 16.7. The molecule has 204 valence electrons. The van der Waals surface area contributed by atoms with E-state index in [4.69, 9.17) is 18.9 Å². The maximum absolute atomic E-state index is 13.9. The molecule has 0 aliphatic carbocycles. The van der Waals surface area contributed by atoms with Gasteiger partial charge in [-0.1, -0.05) is 18.2 Å². The van der Waals surface area contributed by atoms with Crippen LogP contribution in [0.1, 0.15) is 36.9 Å². The Morgan fingerprint density at radius 3 is 2.49 bits per heavy atom. The second-order valence-electron chi connectivity index (χ2n) is 9.09. The molecule has 3 rings (SSSR count). The Morgan fingerprint density at radius 1 is 1.22 bits per heavy atom. The molecule has 0 saturated carbocycles. The minimum atomic E-state index is -0.760. The highest BCUT2D eigenvalue weighted by Crippen LogP contribution is 2.40. The molecule has 2 aromatic rings. The lowest BCUT2D eigenvalue weighted by molar-refractivity contribution is -0.172. The molecule has 37 heavy (non-hydrogen) atoms. The number of aliphatic hydroxyl groups is 1. The van der Waals surface area contributed by atoms with Crippen LogP contribution in [0.5, 0.6) is 0 Å². The summed E-state index contributed by atoms with van der Waals surface area (Å²) in [4.78, 5) is 28.8. The number of amides is 1. The van der Waals surface area contributed by atoms with Crippen LogP contribution in [-0.2, 0) is 30.8 Å². The normalized spacial score (nSPS) is 19.6. The molecule has 1 N–H and O–H groups in total. The van der Waals surface area contributed by atoms with Gasteiger partial charge < -0.3 is 29.0 Å². The molecule has 10 heteroatoms. The Hall–Kier alpha value is -2.92. The molecule has 0 saturated heterocycles. The molecule has 1 aromatic carbocycles. The van der Waals surface area contributed by atoms with E-state index in [1.807, 2.05) is 55.9 Å². The van der Waals surface area contributed by atoms with Gasteiger partial charge in [0.15, 0.2) is 12.0 Å². The third-order valence-electron chi connectivity index (χ3n) is 6.85. The first-order valence-electron chi connectivity index (χ1n) is 12.5. The summed E-state index contributed by atoms with van der Waals surface area (Å²) in [6.07, 6.45) is 1.43. The van der Waals surface area contributed by atoms with Crippen molar-refractivity contribution in [3.8, 4) is 5.69 Å². The van der Waals surface area contributed by atoms with Crippen molar-refractivity contribution in [2.45, 2.75) is 45.2 Å². The number of nitrogens with zero attached hydrogens (tertiary/aromatic N) is 3. The fraction of sp³-hybridized carbons (Fsp3) is 0.556. The van der Waals surface area contributed by atoms with Gasteiger partial charge in [0.1, 0.15) is 0 Å². The van der Waals surface area contributed by atoms with Gasteiger partial charge in [-0.15, -0.1) is 0 Å². The van der Waals surface area contributed by atoms with Gasteiger partial charge in [0.25, 0.3) is 11.5 Å². The number of aliphatic hydroxyl groups excluding tert-OH is 1. The number of likely N-dealkylation sites (N-methyl/N-ethyl adjacent to an activating group) is 1. The van der Waals surface area contributed by atoms with Crippen molar-refractivity contribution >= 4 is 5.91 Å². The van der Waals surface area contributed by atoms with E-state index in [1.165, 1.54) is 19.1 Å². The minimum Gasteiger partial charge on any atom is -0.459 e. The average molecular weight is 518 g/mol. The van der Waals surface area contributed by atoms with E-state index >= 15 is 0 Å². The number of carbonyl (C=O) groups is 1. The number of hydrogen-bond donors (Lipinski definition) is 1. The lowest BCUT2D eigenvalue weighted by Crippen LogP contribution is -2.42. The molecule has 0 spiro atoms. The summed E-state index contributed by atoms with van der Waals surface area (Å²) in [5.74, 6) is -1.01. The Labute approximate surface area is 218 Å². The predicted molar refractivity (Wildman–Crippen MR) is 138 cm³/mol. The number of rotatable bonds is 12. The first kappa shape index (κ1) is 28.6. The number of benzene rings is 1. The molecule has 2 heterocycles. The molecular weight excluding hydrogens is 478 g/mol. The fourth-order valence-electron chi connectivity index (χ4n) is 4.80. The van der Waals surface area contributed by atoms with Crippen molar-refractivity contribution in [3.05, 3.63) is 63.8 Å². The van der Waals surface area contributed by atoms with Crippen LogP contribution in [0.25, 0.3) is 5.69 Å². The summed E-state index contributed by atoms with van der Waals surface area (Å²) in [6, 6.07) is 9.42. The first-order chi connectivity index (χ1) is 17.8. The lowest BCUT2D eigenvalue weighted by Gasteiger charge is -2.37. The smallest absolute Gasteiger partial charge is 0.288 e. The second-order valence-corrected chi connectivity index (χ2v) is 9.09. The highest BCUT2D eigenvalue weighted by Gasteiger charge is 2.41. The molecule has 3 unspecified atom stereocenters. The topological polar surface area (TPSA) is 104 Å². The van der Waals surface area contributed by atoms with Crippen LogP contribution >= 0.6 is 0 Å². The molecule has 0 radical (unpaired) electrons. The average Bonchev–Trinajstić information content (AvgIpc) is 3.13. The van der Waals surface area contributed by atoms with Crippen LogP contribution in [0.15, 0.2) is 47.0 Å². The molecule has 1 aromatic heterocycles. The molecule has 3 atom stereocenters. The number of hydrogen-bond acceptors (Lipinski definition) is 7. The van der Waals surface area contributed by atoms with Crippen molar-refractivity contribution in [3.63, 3.8) is 0 Å². The molecule has 0 bridgehead atoms. The highest BCUT2D eigenvalue weighted by molar-refractivity contribution is 5.91. The van der Waals surface area contributed by atoms with Crippen LogP contribution in [0, 0.1) is 12.8 Å². The van der Waals surface area contributed by atoms with Gasteiger partial charge in [0.05, 0.1) is 12.2 Å². The predicted octanol–water partition coefficient (Wildman–Crippen LogP) is 2.31.